The Bertz CT molecular complexity index is 1410. The molecule has 3 aromatic rings. The molecule has 2 amide bonds. The molecule has 1 aliphatic heterocycles. The van der Waals surface area contributed by atoms with E-state index in [2.05, 4.69) is 0 Å². The van der Waals surface area contributed by atoms with Crippen LogP contribution < -0.4 is 9.80 Å². The molecule has 9 heteroatoms. The summed E-state index contributed by atoms with van der Waals surface area (Å²) in [5.41, 5.74) is 2.31. The highest BCUT2D eigenvalue weighted by Gasteiger charge is 2.36. The monoisotopic (exact) mass is 485 g/mol. The van der Waals surface area contributed by atoms with Gasteiger partial charge >= 0.3 is 5.97 Å². The number of carbonyl (C=O) groups is 3. The van der Waals surface area contributed by atoms with E-state index in [4.69, 9.17) is 4.74 Å². The molecule has 0 aromatic heterocycles. The summed E-state index contributed by atoms with van der Waals surface area (Å²) in [5.74, 6) is -1.60. The van der Waals surface area contributed by atoms with E-state index in [9.17, 15) is 24.5 Å². The Morgan fingerprint density at radius 1 is 1.00 bits per heavy atom. The van der Waals surface area contributed by atoms with Gasteiger partial charge < -0.3 is 9.64 Å². The van der Waals surface area contributed by atoms with Crippen molar-refractivity contribution in [1.82, 2.24) is 0 Å². The summed E-state index contributed by atoms with van der Waals surface area (Å²) in [6.45, 7) is 1.92. The highest BCUT2D eigenvalue weighted by Crippen LogP contribution is 2.35. The van der Waals surface area contributed by atoms with Crippen LogP contribution in [0.3, 0.4) is 0 Å². The molecular weight excluding hydrogens is 462 g/mol. The minimum atomic E-state index is -0.582. The van der Waals surface area contributed by atoms with Crippen molar-refractivity contribution in [1.29, 1.82) is 0 Å². The number of nitro benzene ring substituents is 1. The van der Waals surface area contributed by atoms with Gasteiger partial charge in [0.1, 0.15) is 5.69 Å². The van der Waals surface area contributed by atoms with Gasteiger partial charge in [-0.15, -0.1) is 0 Å². The first kappa shape index (κ1) is 24.3. The van der Waals surface area contributed by atoms with E-state index in [1.54, 1.807) is 68.4 Å². The van der Waals surface area contributed by atoms with Crippen molar-refractivity contribution >= 4 is 46.5 Å². The average molecular weight is 485 g/mol. The number of nitrogens with zero attached hydrogens (tertiary/aromatic N) is 3. The van der Waals surface area contributed by atoms with Crippen molar-refractivity contribution in [2.24, 2.45) is 0 Å². The summed E-state index contributed by atoms with van der Waals surface area (Å²) in [6, 6.07) is 17.4. The average Bonchev–Trinajstić information content (AvgIpc) is 2.87. The van der Waals surface area contributed by atoms with E-state index in [0.717, 1.165) is 4.90 Å². The topological polar surface area (TPSA) is 110 Å². The largest absolute Gasteiger partial charge is 0.462 e. The number of imide groups is 1. The van der Waals surface area contributed by atoms with Gasteiger partial charge in [0.15, 0.2) is 0 Å². The molecule has 0 radical (unpaired) electrons. The van der Waals surface area contributed by atoms with E-state index in [1.165, 1.54) is 30.3 Å². The molecule has 0 bridgehead atoms. The quantitative estimate of drug-likeness (QED) is 0.165. The number of rotatable bonds is 6. The molecule has 9 nitrogen and oxygen atoms in total. The number of benzene rings is 3. The molecule has 0 saturated heterocycles. The van der Waals surface area contributed by atoms with Gasteiger partial charge in [-0.05, 0) is 60.5 Å². The number of amides is 2. The van der Waals surface area contributed by atoms with Crippen LogP contribution in [0.4, 0.5) is 17.1 Å². The van der Waals surface area contributed by atoms with Gasteiger partial charge in [0, 0.05) is 31.3 Å². The van der Waals surface area contributed by atoms with Crippen LogP contribution >= 0.6 is 0 Å². The fourth-order valence-corrected chi connectivity index (χ4v) is 4.01. The zero-order valence-electron chi connectivity index (χ0n) is 19.9. The zero-order valence-corrected chi connectivity index (χ0v) is 19.9. The van der Waals surface area contributed by atoms with Gasteiger partial charge in [0.2, 0.25) is 0 Å². The fraction of sp³-hybridized carbons (Fsp3) is 0.148. The number of esters is 1. The lowest BCUT2D eigenvalue weighted by atomic mass is 9.91. The van der Waals surface area contributed by atoms with Gasteiger partial charge in [0.05, 0.1) is 22.8 Å². The number of fused-ring (bicyclic) bond motifs is 1. The Balaban J connectivity index is 1.81. The van der Waals surface area contributed by atoms with Crippen molar-refractivity contribution < 1.29 is 24.0 Å². The van der Waals surface area contributed by atoms with Gasteiger partial charge in [-0.2, -0.15) is 0 Å². The highest BCUT2D eigenvalue weighted by molar-refractivity contribution is 6.43. The van der Waals surface area contributed by atoms with Gasteiger partial charge in [-0.3, -0.25) is 19.7 Å². The molecule has 0 unspecified atom stereocenters. The summed E-state index contributed by atoms with van der Waals surface area (Å²) in [5, 5.41) is 11.6. The number of hydrogen-bond donors (Lipinski definition) is 0. The van der Waals surface area contributed by atoms with E-state index in [-0.39, 0.29) is 23.6 Å². The Hall–Kier alpha value is -4.79. The number of hydrogen-bond acceptors (Lipinski definition) is 7. The lowest BCUT2D eigenvalue weighted by Gasteiger charge is -2.28. The maximum atomic E-state index is 13.6. The lowest BCUT2D eigenvalue weighted by molar-refractivity contribution is -0.384. The summed E-state index contributed by atoms with van der Waals surface area (Å²) < 4.78 is 4.99. The normalized spacial score (nSPS) is 14.0. The third-order valence-electron chi connectivity index (χ3n) is 5.71. The Morgan fingerprint density at radius 2 is 1.67 bits per heavy atom. The Kier molecular flexibility index (Phi) is 6.64. The van der Waals surface area contributed by atoms with Crippen LogP contribution in [0.5, 0.6) is 0 Å². The number of ether oxygens (including phenoxy) is 1. The summed E-state index contributed by atoms with van der Waals surface area (Å²) >= 11 is 0. The van der Waals surface area contributed by atoms with Crippen LogP contribution in [0.1, 0.15) is 38.8 Å². The second kappa shape index (κ2) is 9.83. The van der Waals surface area contributed by atoms with Crippen LogP contribution in [0.25, 0.3) is 11.6 Å². The molecule has 36 heavy (non-hydrogen) atoms. The summed E-state index contributed by atoms with van der Waals surface area (Å²) in [7, 11) is 3.41. The molecule has 0 N–H and O–H groups in total. The van der Waals surface area contributed by atoms with Gasteiger partial charge in [-0.1, -0.05) is 24.3 Å². The summed E-state index contributed by atoms with van der Waals surface area (Å²) in [4.78, 5) is 52.7. The van der Waals surface area contributed by atoms with Crippen LogP contribution in [0, 0.1) is 10.1 Å². The van der Waals surface area contributed by atoms with Crippen molar-refractivity contribution in [2.75, 3.05) is 30.5 Å². The second-order valence-corrected chi connectivity index (χ2v) is 8.22. The third-order valence-corrected chi connectivity index (χ3v) is 5.71. The molecule has 1 aliphatic rings. The van der Waals surface area contributed by atoms with E-state index >= 15 is 0 Å². The van der Waals surface area contributed by atoms with E-state index < -0.39 is 22.7 Å². The van der Waals surface area contributed by atoms with Crippen LogP contribution in [-0.4, -0.2) is 43.4 Å². The molecule has 0 atom stereocenters. The van der Waals surface area contributed by atoms with Crippen molar-refractivity contribution in [3.05, 3.63) is 99.1 Å². The Labute approximate surface area is 207 Å². The van der Waals surface area contributed by atoms with Gasteiger partial charge in [0.25, 0.3) is 17.5 Å². The standard InChI is InChI=1S/C27H23N3O6/c1-4-36-27(33)18-10-12-19(13-11-18)29-25(31)21-8-6-5-7-20(21)22(26(29)32)15-17-9-14-23(28(2)3)24(16-17)30(34)35/h5-16H,4H2,1-3H3. The molecule has 0 aliphatic carbocycles. The first-order valence-corrected chi connectivity index (χ1v) is 11.2. The molecule has 1 heterocycles. The maximum Gasteiger partial charge on any atom is 0.338 e. The number of nitro groups is 1. The number of carbonyl (C=O) groups excluding carboxylic acids is 3. The smallest absolute Gasteiger partial charge is 0.338 e. The molecular formula is C27H23N3O6. The first-order valence-electron chi connectivity index (χ1n) is 11.2. The van der Waals surface area contributed by atoms with E-state index in [1.807, 2.05) is 0 Å². The predicted molar refractivity (Wildman–Crippen MR) is 136 cm³/mol. The van der Waals surface area contributed by atoms with Crippen LogP contribution in [0.2, 0.25) is 0 Å². The zero-order chi connectivity index (χ0) is 26.0. The van der Waals surface area contributed by atoms with Gasteiger partial charge in [-0.25, -0.2) is 9.69 Å². The van der Waals surface area contributed by atoms with Crippen LogP contribution in [-0.2, 0) is 9.53 Å². The van der Waals surface area contributed by atoms with Crippen LogP contribution in [0.15, 0.2) is 66.7 Å². The second-order valence-electron chi connectivity index (χ2n) is 8.22. The Morgan fingerprint density at radius 3 is 2.28 bits per heavy atom. The lowest BCUT2D eigenvalue weighted by Crippen LogP contribution is -2.41. The summed E-state index contributed by atoms with van der Waals surface area (Å²) in [6.07, 6.45) is 1.54. The molecule has 0 fully saturated rings. The maximum absolute atomic E-state index is 13.6. The molecule has 0 spiro atoms. The third kappa shape index (κ3) is 4.46. The molecule has 0 saturated carbocycles. The van der Waals surface area contributed by atoms with Crippen molar-refractivity contribution in [3.8, 4) is 0 Å². The molecule has 4 rings (SSSR count). The number of anilines is 2. The van der Waals surface area contributed by atoms with Crippen molar-refractivity contribution in [2.45, 2.75) is 6.92 Å². The predicted octanol–water partition coefficient (Wildman–Crippen LogP) is 4.57. The highest BCUT2D eigenvalue weighted by atomic mass is 16.6. The minimum absolute atomic E-state index is 0.103. The van der Waals surface area contributed by atoms with Crippen molar-refractivity contribution in [3.63, 3.8) is 0 Å². The fourth-order valence-electron chi connectivity index (χ4n) is 4.01. The van der Waals surface area contributed by atoms with E-state index in [0.29, 0.717) is 27.9 Å². The minimum Gasteiger partial charge on any atom is -0.462 e. The first-order chi connectivity index (χ1) is 17.2. The molecule has 182 valence electrons. The SMILES string of the molecule is CCOC(=O)c1ccc(N2C(=O)C(=Cc3ccc(N(C)C)c([N+](=O)[O-])c3)c3ccccc3C2=O)cc1. The molecule has 3 aromatic carbocycles.